The van der Waals surface area contributed by atoms with E-state index in [4.69, 9.17) is 5.73 Å². The lowest BCUT2D eigenvalue weighted by molar-refractivity contribution is 0.670. The van der Waals surface area contributed by atoms with Crippen molar-refractivity contribution in [2.45, 2.75) is 52.0 Å². The van der Waals surface area contributed by atoms with Crippen LogP contribution in [0.2, 0.25) is 0 Å². The fourth-order valence-electron chi connectivity index (χ4n) is 2.34. The van der Waals surface area contributed by atoms with Crippen molar-refractivity contribution in [3.05, 3.63) is 46.8 Å². The third kappa shape index (κ3) is 4.19. The molecule has 2 N–H and O–H groups in total. The lowest BCUT2D eigenvalue weighted by atomic mass is 10.1. The van der Waals surface area contributed by atoms with Gasteiger partial charge in [-0.2, -0.15) is 0 Å². The number of nitrogens with two attached hydrogens (primary N) is 1. The Kier molecular flexibility index (Phi) is 5.81. The molecule has 2 heteroatoms. The van der Waals surface area contributed by atoms with Crippen LogP contribution < -0.4 is 5.73 Å². The topological polar surface area (TPSA) is 26.0 Å². The highest BCUT2D eigenvalue weighted by Gasteiger charge is 2.04. The van der Waals surface area contributed by atoms with Crippen molar-refractivity contribution in [3.8, 4) is 10.4 Å². The zero-order chi connectivity index (χ0) is 14.4. The van der Waals surface area contributed by atoms with E-state index < -0.39 is 0 Å². The normalized spacial score (nSPS) is 12.6. The van der Waals surface area contributed by atoms with Gasteiger partial charge in [0.05, 0.1) is 0 Å². The molecule has 1 aromatic heterocycles. The van der Waals surface area contributed by atoms with Gasteiger partial charge in [-0.3, -0.25) is 0 Å². The van der Waals surface area contributed by atoms with Gasteiger partial charge >= 0.3 is 0 Å². The third-order valence-corrected chi connectivity index (χ3v) is 4.85. The second-order valence-corrected chi connectivity index (χ2v) is 6.66. The Morgan fingerprint density at radius 1 is 1.00 bits per heavy atom. The first-order valence-electron chi connectivity index (χ1n) is 7.65. The summed E-state index contributed by atoms with van der Waals surface area (Å²) in [7, 11) is 0. The highest BCUT2D eigenvalue weighted by atomic mass is 32.1. The first-order chi connectivity index (χ1) is 9.70. The van der Waals surface area contributed by atoms with Gasteiger partial charge in [-0.05, 0) is 43.0 Å². The molecule has 0 radical (unpaired) electrons. The van der Waals surface area contributed by atoms with Crippen LogP contribution in [-0.4, -0.2) is 0 Å². The molecule has 1 atom stereocenters. The minimum absolute atomic E-state index is 0.113. The summed E-state index contributed by atoms with van der Waals surface area (Å²) < 4.78 is 0. The van der Waals surface area contributed by atoms with E-state index in [0.717, 1.165) is 0 Å². The van der Waals surface area contributed by atoms with Gasteiger partial charge < -0.3 is 5.73 Å². The Labute approximate surface area is 126 Å². The van der Waals surface area contributed by atoms with Crippen LogP contribution in [0.3, 0.4) is 0 Å². The van der Waals surface area contributed by atoms with Crippen LogP contribution >= 0.6 is 11.3 Å². The van der Waals surface area contributed by atoms with Crippen molar-refractivity contribution in [1.29, 1.82) is 0 Å². The predicted octanol–water partition coefficient (Wildman–Crippen LogP) is 5.56. The Bertz CT molecular complexity index is 510. The largest absolute Gasteiger partial charge is 0.324 e. The number of benzene rings is 1. The van der Waals surface area contributed by atoms with Gasteiger partial charge in [0, 0.05) is 15.8 Å². The molecule has 2 rings (SSSR count). The van der Waals surface area contributed by atoms with Crippen LogP contribution in [0.25, 0.3) is 10.4 Å². The number of hydrogen-bond acceptors (Lipinski definition) is 2. The molecule has 0 spiro atoms. The van der Waals surface area contributed by atoms with Gasteiger partial charge in [-0.1, -0.05) is 50.5 Å². The van der Waals surface area contributed by atoms with Crippen LogP contribution in [-0.2, 0) is 6.42 Å². The number of rotatable bonds is 7. The quantitative estimate of drug-likeness (QED) is 0.663. The lowest BCUT2D eigenvalue weighted by Crippen LogP contribution is -2.04. The van der Waals surface area contributed by atoms with Gasteiger partial charge in [0.25, 0.3) is 0 Å². The minimum Gasteiger partial charge on any atom is -0.324 e. The minimum atomic E-state index is 0.113. The first kappa shape index (κ1) is 15.3. The fraction of sp³-hybridized carbons (Fsp3) is 0.444. The maximum Gasteiger partial charge on any atom is 0.0345 e. The summed E-state index contributed by atoms with van der Waals surface area (Å²) in [5.74, 6) is 0. The number of thiophene rings is 1. The molecule has 1 heterocycles. The Hall–Kier alpha value is -1.12. The third-order valence-electron chi connectivity index (χ3n) is 3.66. The molecule has 1 nitrogen and oxygen atoms in total. The highest BCUT2D eigenvalue weighted by molar-refractivity contribution is 7.15. The maximum absolute atomic E-state index is 5.89. The summed E-state index contributed by atoms with van der Waals surface area (Å²) in [5, 5.41) is 0. The van der Waals surface area contributed by atoms with Crippen molar-refractivity contribution in [2.75, 3.05) is 0 Å². The molecule has 0 saturated carbocycles. The maximum atomic E-state index is 5.89. The molecular weight excluding hydrogens is 262 g/mol. The average molecular weight is 287 g/mol. The van der Waals surface area contributed by atoms with Crippen molar-refractivity contribution in [3.63, 3.8) is 0 Å². The van der Waals surface area contributed by atoms with E-state index in [1.165, 1.54) is 53.0 Å². The van der Waals surface area contributed by atoms with Gasteiger partial charge in [-0.25, -0.2) is 0 Å². The number of hydrogen-bond donors (Lipinski definition) is 1. The number of aryl methyl sites for hydroxylation is 1. The molecule has 108 valence electrons. The summed E-state index contributed by atoms with van der Waals surface area (Å²) in [4.78, 5) is 2.87. The van der Waals surface area contributed by atoms with E-state index in [0.29, 0.717) is 0 Å². The molecule has 0 fully saturated rings. The Morgan fingerprint density at radius 2 is 1.75 bits per heavy atom. The molecule has 0 aliphatic carbocycles. The summed E-state index contributed by atoms with van der Waals surface area (Å²) in [6, 6.07) is 13.3. The van der Waals surface area contributed by atoms with E-state index in [2.05, 4.69) is 43.3 Å². The average Bonchev–Trinajstić information content (AvgIpc) is 2.92. The highest BCUT2D eigenvalue weighted by Crippen LogP contribution is 2.29. The summed E-state index contributed by atoms with van der Waals surface area (Å²) in [6.45, 7) is 4.28. The molecule has 0 aliphatic heterocycles. The van der Waals surface area contributed by atoms with Crippen molar-refractivity contribution in [2.24, 2.45) is 5.73 Å². The van der Waals surface area contributed by atoms with E-state index in [-0.39, 0.29) is 6.04 Å². The zero-order valence-electron chi connectivity index (χ0n) is 12.6. The van der Waals surface area contributed by atoms with Crippen molar-refractivity contribution >= 4 is 11.3 Å². The first-order valence-corrected chi connectivity index (χ1v) is 8.47. The lowest BCUT2D eigenvalue weighted by Gasteiger charge is -2.05. The standard InChI is InChI=1S/C18H25NS/c1-3-4-5-6-7-17-12-13-18(20-17)16-10-8-15(9-11-16)14(2)19/h8-14H,3-7,19H2,1-2H3. The number of unbranched alkanes of at least 4 members (excludes halogenated alkanes) is 3. The van der Waals surface area contributed by atoms with E-state index in [1.807, 2.05) is 18.3 Å². The second kappa shape index (κ2) is 7.61. The fourth-order valence-corrected chi connectivity index (χ4v) is 3.40. The van der Waals surface area contributed by atoms with Crippen LogP contribution in [0, 0.1) is 0 Å². The van der Waals surface area contributed by atoms with E-state index >= 15 is 0 Å². The Morgan fingerprint density at radius 3 is 2.40 bits per heavy atom. The summed E-state index contributed by atoms with van der Waals surface area (Å²) >= 11 is 1.93. The smallest absolute Gasteiger partial charge is 0.0345 e. The molecule has 0 bridgehead atoms. The van der Waals surface area contributed by atoms with Crippen LogP contribution in [0.1, 0.15) is 56.0 Å². The van der Waals surface area contributed by atoms with Crippen LogP contribution in [0.4, 0.5) is 0 Å². The van der Waals surface area contributed by atoms with Gasteiger partial charge in [0.15, 0.2) is 0 Å². The molecule has 20 heavy (non-hydrogen) atoms. The Balaban J connectivity index is 1.97. The monoisotopic (exact) mass is 287 g/mol. The second-order valence-electron chi connectivity index (χ2n) is 5.49. The van der Waals surface area contributed by atoms with Gasteiger partial charge in [-0.15, -0.1) is 11.3 Å². The predicted molar refractivity (Wildman–Crippen MR) is 90.2 cm³/mol. The SMILES string of the molecule is CCCCCCc1ccc(-c2ccc(C(C)N)cc2)s1. The van der Waals surface area contributed by atoms with Crippen LogP contribution in [0.15, 0.2) is 36.4 Å². The summed E-state index contributed by atoms with van der Waals surface area (Å²) in [5.41, 5.74) is 8.39. The molecular formula is C18H25NS. The van der Waals surface area contributed by atoms with E-state index in [1.54, 1.807) is 0 Å². The van der Waals surface area contributed by atoms with Crippen molar-refractivity contribution in [1.82, 2.24) is 0 Å². The van der Waals surface area contributed by atoms with Gasteiger partial charge in [0.1, 0.15) is 0 Å². The molecule has 0 amide bonds. The summed E-state index contributed by atoms with van der Waals surface area (Å²) in [6.07, 6.45) is 6.56. The molecule has 2 aromatic rings. The molecule has 1 unspecified atom stereocenters. The van der Waals surface area contributed by atoms with Gasteiger partial charge in [0.2, 0.25) is 0 Å². The van der Waals surface area contributed by atoms with E-state index in [9.17, 15) is 0 Å². The van der Waals surface area contributed by atoms with Crippen molar-refractivity contribution < 1.29 is 0 Å². The zero-order valence-corrected chi connectivity index (χ0v) is 13.4. The molecule has 0 saturated heterocycles. The van der Waals surface area contributed by atoms with Crippen LogP contribution in [0.5, 0.6) is 0 Å². The molecule has 1 aromatic carbocycles. The molecule has 0 aliphatic rings.